The molecule has 0 radical (unpaired) electrons. The Hall–Kier alpha value is -2.70. The molecule has 2 rings (SSSR count). The molecule has 0 aliphatic carbocycles. The number of aliphatic carboxylic acids is 1. The Kier molecular flexibility index (Phi) is 3.28. The van der Waals surface area contributed by atoms with Crippen LogP contribution in [0.1, 0.15) is 23.2 Å². The molecule has 0 unspecified atom stereocenters. The number of hydrogen-bond acceptors (Lipinski definition) is 4. The van der Waals surface area contributed by atoms with Gasteiger partial charge in [-0.2, -0.15) is 5.10 Å². The molecular weight excluding hydrogens is 252 g/mol. The van der Waals surface area contributed by atoms with Crippen LogP contribution in [-0.2, 0) is 9.59 Å². The number of rotatable bonds is 3. The number of carbonyl (C=O) groups is 3. The normalized spacial score (nSPS) is 15.1. The monoisotopic (exact) mass is 262 g/mol. The third-order valence-electron chi connectivity index (χ3n) is 2.62. The smallest absolute Gasteiger partial charge is 0.352 e. The number of anilines is 1. The molecular formula is C12H10N2O5. The molecule has 7 nitrogen and oxygen atoms in total. The van der Waals surface area contributed by atoms with Crippen LogP contribution in [0.4, 0.5) is 5.69 Å². The second-order valence-corrected chi connectivity index (χ2v) is 3.91. The number of aromatic carboxylic acids is 1. The third-order valence-corrected chi connectivity index (χ3v) is 2.62. The molecule has 7 heteroatoms. The number of hydrazone groups is 1. The van der Waals surface area contributed by atoms with Gasteiger partial charge in [0, 0.05) is 12.8 Å². The molecule has 2 N–H and O–H groups in total. The molecule has 0 aromatic heterocycles. The minimum Gasteiger partial charge on any atom is -0.478 e. The number of hydrogen-bond donors (Lipinski definition) is 2. The fourth-order valence-electron chi connectivity index (χ4n) is 1.68. The minimum absolute atomic E-state index is 0.00273. The zero-order valence-corrected chi connectivity index (χ0v) is 9.74. The first-order valence-electron chi connectivity index (χ1n) is 5.46. The van der Waals surface area contributed by atoms with Gasteiger partial charge in [-0.1, -0.05) is 6.07 Å². The number of nitrogens with zero attached hydrogens (tertiary/aromatic N) is 2. The van der Waals surface area contributed by atoms with E-state index >= 15 is 0 Å². The SMILES string of the molecule is O=C(O)C1=NN(c2cccc(C(=O)O)c2)C(=O)CC1. The van der Waals surface area contributed by atoms with Gasteiger partial charge in [0.1, 0.15) is 5.71 Å². The van der Waals surface area contributed by atoms with Crippen molar-refractivity contribution in [2.24, 2.45) is 5.10 Å². The Bertz CT molecular complexity index is 594. The van der Waals surface area contributed by atoms with Gasteiger partial charge in [0.05, 0.1) is 11.3 Å². The lowest BCUT2D eigenvalue weighted by molar-refractivity contribution is -0.129. The first kappa shape index (κ1) is 12.7. The number of carboxylic acid groups (broad SMARTS) is 2. The Morgan fingerprint density at radius 3 is 2.53 bits per heavy atom. The molecule has 0 saturated heterocycles. The quantitative estimate of drug-likeness (QED) is 0.843. The first-order valence-corrected chi connectivity index (χ1v) is 5.46. The van der Waals surface area contributed by atoms with E-state index in [1.165, 1.54) is 24.3 Å². The van der Waals surface area contributed by atoms with Crippen LogP contribution in [0, 0.1) is 0 Å². The molecule has 1 aliphatic rings. The van der Waals surface area contributed by atoms with Gasteiger partial charge in [-0.15, -0.1) is 0 Å². The largest absolute Gasteiger partial charge is 0.478 e. The minimum atomic E-state index is -1.19. The van der Waals surface area contributed by atoms with Gasteiger partial charge in [-0.3, -0.25) is 4.79 Å². The van der Waals surface area contributed by atoms with Crippen molar-refractivity contribution in [3.05, 3.63) is 29.8 Å². The van der Waals surface area contributed by atoms with Gasteiger partial charge in [0.2, 0.25) is 5.91 Å². The van der Waals surface area contributed by atoms with Gasteiger partial charge in [-0.25, -0.2) is 14.6 Å². The molecule has 1 amide bonds. The number of benzene rings is 1. The lowest BCUT2D eigenvalue weighted by Crippen LogP contribution is -2.34. The van der Waals surface area contributed by atoms with E-state index < -0.39 is 11.9 Å². The van der Waals surface area contributed by atoms with Crippen molar-refractivity contribution in [3.63, 3.8) is 0 Å². The molecule has 0 bridgehead atoms. The standard InChI is InChI=1S/C12H10N2O5/c15-10-5-4-9(12(18)19)13-14(10)8-3-1-2-7(6-8)11(16)17/h1-3,6H,4-5H2,(H,16,17)(H,18,19). The summed E-state index contributed by atoms with van der Waals surface area (Å²) in [7, 11) is 0. The summed E-state index contributed by atoms with van der Waals surface area (Å²) < 4.78 is 0. The first-order chi connectivity index (χ1) is 8.99. The maximum absolute atomic E-state index is 11.7. The van der Waals surface area contributed by atoms with Crippen LogP contribution < -0.4 is 5.01 Å². The summed E-state index contributed by atoms with van der Waals surface area (Å²) >= 11 is 0. The van der Waals surface area contributed by atoms with Crippen molar-refractivity contribution >= 4 is 29.2 Å². The van der Waals surface area contributed by atoms with E-state index in [9.17, 15) is 14.4 Å². The Morgan fingerprint density at radius 1 is 1.16 bits per heavy atom. The van der Waals surface area contributed by atoms with Gasteiger partial charge in [0.25, 0.3) is 0 Å². The molecule has 1 heterocycles. The van der Waals surface area contributed by atoms with Gasteiger partial charge >= 0.3 is 11.9 Å². The van der Waals surface area contributed by atoms with Crippen LogP contribution in [-0.4, -0.2) is 33.8 Å². The van der Waals surface area contributed by atoms with Crippen LogP contribution in [0.15, 0.2) is 29.4 Å². The van der Waals surface area contributed by atoms with Crippen LogP contribution in [0.2, 0.25) is 0 Å². The highest BCUT2D eigenvalue weighted by Crippen LogP contribution is 2.21. The Labute approximate surface area is 107 Å². The zero-order chi connectivity index (χ0) is 14.0. The maximum Gasteiger partial charge on any atom is 0.352 e. The van der Waals surface area contributed by atoms with Crippen molar-refractivity contribution in [2.75, 3.05) is 5.01 Å². The van der Waals surface area contributed by atoms with Crippen molar-refractivity contribution in [3.8, 4) is 0 Å². The molecule has 19 heavy (non-hydrogen) atoms. The van der Waals surface area contributed by atoms with Crippen molar-refractivity contribution in [1.29, 1.82) is 0 Å². The molecule has 0 fully saturated rings. The van der Waals surface area contributed by atoms with Gasteiger partial charge < -0.3 is 10.2 Å². The van der Waals surface area contributed by atoms with Crippen molar-refractivity contribution in [1.82, 2.24) is 0 Å². The zero-order valence-electron chi connectivity index (χ0n) is 9.74. The number of carboxylic acids is 2. The number of carbonyl (C=O) groups excluding carboxylic acids is 1. The highest BCUT2D eigenvalue weighted by atomic mass is 16.4. The summed E-state index contributed by atoms with van der Waals surface area (Å²) in [5, 5.41) is 22.4. The second kappa shape index (κ2) is 4.89. The van der Waals surface area contributed by atoms with Crippen LogP contribution in [0.25, 0.3) is 0 Å². The van der Waals surface area contributed by atoms with Crippen molar-refractivity contribution < 1.29 is 24.6 Å². The number of amides is 1. The topological polar surface area (TPSA) is 107 Å². The fourth-order valence-corrected chi connectivity index (χ4v) is 1.68. The van der Waals surface area contributed by atoms with Gasteiger partial charge in [-0.05, 0) is 18.2 Å². The summed E-state index contributed by atoms with van der Waals surface area (Å²) in [6, 6.07) is 5.62. The Balaban J connectivity index is 2.41. The van der Waals surface area contributed by atoms with Crippen LogP contribution in [0.5, 0.6) is 0 Å². The van der Waals surface area contributed by atoms with E-state index in [0.717, 1.165) is 5.01 Å². The average Bonchev–Trinajstić information content (AvgIpc) is 2.39. The lowest BCUT2D eigenvalue weighted by Gasteiger charge is -2.22. The lowest BCUT2D eigenvalue weighted by atomic mass is 10.1. The molecule has 0 atom stereocenters. The summed E-state index contributed by atoms with van der Waals surface area (Å²) in [5.41, 5.74) is 0.117. The Morgan fingerprint density at radius 2 is 1.89 bits per heavy atom. The van der Waals surface area contributed by atoms with Gasteiger partial charge in [0.15, 0.2) is 0 Å². The fraction of sp³-hybridized carbons (Fsp3) is 0.167. The second-order valence-electron chi connectivity index (χ2n) is 3.91. The van der Waals surface area contributed by atoms with E-state index in [1.54, 1.807) is 0 Å². The molecule has 98 valence electrons. The van der Waals surface area contributed by atoms with Crippen LogP contribution in [0.3, 0.4) is 0 Å². The molecule has 0 saturated carbocycles. The maximum atomic E-state index is 11.7. The molecule has 1 aromatic carbocycles. The predicted molar refractivity (Wildman–Crippen MR) is 65.2 cm³/mol. The summed E-state index contributed by atoms with van der Waals surface area (Å²) in [6.07, 6.45) is 0.103. The molecule has 0 spiro atoms. The van der Waals surface area contributed by atoms with Crippen molar-refractivity contribution in [2.45, 2.75) is 12.8 Å². The van der Waals surface area contributed by atoms with E-state index in [1.807, 2.05) is 0 Å². The average molecular weight is 262 g/mol. The highest BCUT2D eigenvalue weighted by Gasteiger charge is 2.25. The van der Waals surface area contributed by atoms with Crippen LogP contribution >= 0.6 is 0 Å². The van der Waals surface area contributed by atoms with E-state index in [-0.39, 0.29) is 35.7 Å². The summed E-state index contributed by atoms with van der Waals surface area (Å²) in [6.45, 7) is 0. The summed E-state index contributed by atoms with van der Waals surface area (Å²) in [4.78, 5) is 33.4. The molecule has 1 aromatic rings. The highest BCUT2D eigenvalue weighted by molar-refractivity contribution is 6.37. The third kappa shape index (κ3) is 2.59. The van der Waals surface area contributed by atoms with E-state index in [4.69, 9.17) is 10.2 Å². The summed E-state index contributed by atoms with van der Waals surface area (Å²) in [5.74, 6) is -2.69. The predicted octanol–water partition coefficient (Wildman–Crippen LogP) is 0.952. The molecule has 1 aliphatic heterocycles. The van der Waals surface area contributed by atoms with E-state index in [0.29, 0.717) is 0 Å². The van der Waals surface area contributed by atoms with E-state index in [2.05, 4.69) is 5.10 Å².